The predicted molar refractivity (Wildman–Crippen MR) is 147 cm³/mol. The van der Waals surface area contributed by atoms with Gasteiger partial charge in [0.15, 0.2) is 5.60 Å². The topological polar surface area (TPSA) is 132 Å². The summed E-state index contributed by atoms with van der Waals surface area (Å²) in [5, 5.41) is 44.0. The van der Waals surface area contributed by atoms with Crippen LogP contribution >= 0.6 is 0 Å². The molecule has 0 aliphatic heterocycles. The van der Waals surface area contributed by atoms with Crippen LogP contribution in [0.2, 0.25) is 0 Å². The Morgan fingerprint density at radius 3 is 1.19 bits per heavy atom. The molecule has 218 valence electrons. The Balaban J connectivity index is 7.43. The molecule has 0 saturated heterocycles. The quantitative estimate of drug-likeness (QED) is 0.160. The van der Waals surface area contributed by atoms with Crippen LogP contribution in [0, 0.1) is 45.3 Å². The van der Waals surface area contributed by atoms with Gasteiger partial charge < -0.3 is 20.4 Å². The Morgan fingerprint density at radius 2 is 0.946 bits per heavy atom. The third-order valence-electron chi connectivity index (χ3n) is 10.9. The van der Waals surface area contributed by atoms with Crippen molar-refractivity contribution in [3.05, 3.63) is 0 Å². The van der Waals surface area contributed by atoms with Gasteiger partial charge in [-0.15, -0.1) is 0 Å². The van der Waals surface area contributed by atoms with E-state index in [9.17, 15) is 34.8 Å². The van der Waals surface area contributed by atoms with E-state index in [2.05, 4.69) is 0 Å². The van der Waals surface area contributed by atoms with Gasteiger partial charge in [0.25, 0.3) is 0 Å². The number of carboxylic acid groups (broad SMARTS) is 3. The molecule has 0 amide bonds. The van der Waals surface area contributed by atoms with Gasteiger partial charge in [0.2, 0.25) is 0 Å². The average molecular weight is 529 g/mol. The second kappa shape index (κ2) is 12.5. The number of carbonyl (C=O) groups is 3. The lowest BCUT2D eigenvalue weighted by atomic mass is 9.53. The number of aliphatic carboxylic acids is 3. The molecule has 0 fully saturated rings. The summed E-state index contributed by atoms with van der Waals surface area (Å²) in [6.45, 7) is 23.4. The highest BCUT2D eigenvalue weighted by atomic mass is 16.4. The Morgan fingerprint density at radius 1 is 0.622 bits per heavy atom. The summed E-state index contributed by atoms with van der Waals surface area (Å²) in [6.07, 6.45) is 1.71. The van der Waals surface area contributed by atoms with Crippen molar-refractivity contribution in [1.82, 2.24) is 0 Å². The minimum absolute atomic E-state index is 0.147. The molecule has 4 N–H and O–H groups in total. The summed E-state index contributed by atoms with van der Waals surface area (Å²) in [7, 11) is 0. The standard InChI is InChI=1S/C30H56O7/c1-13-26(7,8)19(4)16-22(23(31)32)30(37,25(35)36)29(24(33)34,17-20(5)27(9,10)14-2)18-21(6)28(11,12)15-3/h19-22,37H,13-18H2,1-12H3,(H,31,32)(H,33,34)(H,35,36). The van der Waals surface area contributed by atoms with Crippen LogP contribution in [0.25, 0.3) is 0 Å². The fourth-order valence-corrected chi connectivity index (χ4v) is 5.19. The molecule has 7 nitrogen and oxygen atoms in total. The van der Waals surface area contributed by atoms with Gasteiger partial charge in [-0.25, -0.2) is 4.79 Å². The summed E-state index contributed by atoms with van der Waals surface area (Å²) in [4.78, 5) is 39.1. The van der Waals surface area contributed by atoms with Crippen molar-refractivity contribution in [2.45, 2.75) is 127 Å². The molecule has 7 heteroatoms. The minimum Gasteiger partial charge on any atom is -0.481 e. The van der Waals surface area contributed by atoms with Crippen LogP contribution in [0.4, 0.5) is 0 Å². The second-order valence-electron chi connectivity index (χ2n) is 13.7. The largest absolute Gasteiger partial charge is 0.481 e. The maximum absolute atomic E-state index is 13.3. The maximum Gasteiger partial charge on any atom is 0.337 e. The van der Waals surface area contributed by atoms with Gasteiger partial charge >= 0.3 is 17.9 Å². The van der Waals surface area contributed by atoms with Gasteiger partial charge in [-0.05, 0) is 53.3 Å². The lowest BCUT2D eigenvalue weighted by Gasteiger charge is -2.50. The molecule has 0 saturated carbocycles. The summed E-state index contributed by atoms with van der Waals surface area (Å²) in [5.41, 5.74) is -6.25. The smallest absolute Gasteiger partial charge is 0.337 e. The van der Waals surface area contributed by atoms with Crippen LogP contribution in [-0.2, 0) is 14.4 Å². The number of rotatable bonds is 17. The van der Waals surface area contributed by atoms with Crippen molar-refractivity contribution in [3.63, 3.8) is 0 Å². The van der Waals surface area contributed by atoms with Crippen LogP contribution in [-0.4, -0.2) is 43.9 Å². The molecule has 5 atom stereocenters. The lowest BCUT2D eigenvalue weighted by molar-refractivity contribution is -0.213. The Labute approximate surface area is 225 Å². The monoisotopic (exact) mass is 528 g/mol. The number of hydrogen-bond donors (Lipinski definition) is 4. The molecule has 0 spiro atoms. The van der Waals surface area contributed by atoms with Gasteiger partial charge in [-0.1, -0.05) is 102 Å². The van der Waals surface area contributed by atoms with Crippen molar-refractivity contribution >= 4 is 17.9 Å². The Hall–Kier alpha value is -1.63. The molecule has 0 bridgehead atoms. The first kappa shape index (κ1) is 35.4. The van der Waals surface area contributed by atoms with E-state index in [0.717, 1.165) is 19.3 Å². The molecular weight excluding hydrogens is 472 g/mol. The van der Waals surface area contributed by atoms with E-state index in [1.807, 2.05) is 83.1 Å². The molecule has 0 radical (unpaired) electrons. The molecule has 0 aromatic rings. The molecule has 0 heterocycles. The third kappa shape index (κ3) is 7.27. The third-order valence-corrected chi connectivity index (χ3v) is 10.9. The molecule has 0 aromatic heterocycles. The van der Waals surface area contributed by atoms with Gasteiger partial charge in [0, 0.05) is 0 Å². The van der Waals surface area contributed by atoms with Crippen molar-refractivity contribution in [2.24, 2.45) is 45.3 Å². The van der Waals surface area contributed by atoms with Crippen LogP contribution in [0.5, 0.6) is 0 Å². The molecule has 0 aromatic carbocycles. The maximum atomic E-state index is 13.3. The molecule has 37 heavy (non-hydrogen) atoms. The predicted octanol–water partition coefficient (Wildman–Crippen LogP) is 6.96. The summed E-state index contributed by atoms with van der Waals surface area (Å²) in [5.74, 6) is -7.39. The van der Waals surface area contributed by atoms with Gasteiger partial charge in [-0.2, -0.15) is 0 Å². The van der Waals surface area contributed by atoms with E-state index in [0.29, 0.717) is 0 Å². The molecule has 0 aliphatic rings. The van der Waals surface area contributed by atoms with Crippen LogP contribution in [0.15, 0.2) is 0 Å². The zero-order valence-corrected chi connectivity index (χ0v) is 25.6. The van der Waals surface area contributed by atoms with Gasteiger partial charge in [-0.3, -0.25) is 9.59 Å². The highest BCUT2D eigenvalue weighted by molar-refractivity contribution is 5.93. The zero-order chi connectivity index (χ0) is 29.8. The van der Waals surface area contributed by atoms with E-state index in [1.54, 1.807) is 0 Å². The summed E-state index contributed by atoms with van der Waals surface area (Å²) in [6, 6.07) is 0. The first-order chi connectivity index (χ1) is 16.5. The van der Waals surface area contributed by atoms with E-state index in [4.69, 9.17) is 0 Å². The van der Waals surface area contributed by atoms with E-state index in [-0.39, 0.29) is 53.3 Å². The van der Waals surface area contributed by atoms with Crippen LogP contribution in [0.3, 0.4) is 0 Å². The van der Waals surface area contributed by atoms with Crippen molar-refractivity contribution in [3.8, 4) is 0 Å². The first-order valence-corrected chi connectivity index (χ1v) is 14.0. The highest BCUT2D eigenvalue weighted by Crippen LogP contribution is 2.54. The summed E-state index contributed by atoms with van der Waals surface area (Å²) < 4.78 is 0. The molecule has 5 unspecified atom stereocenters. The fourth-order valence-electron chi connectivity index (χ4n) is 5.19. The Kier molecular flexibility index (Phi) is 11.9. The minimum atomic E-state index is -3.01. The van der Waals surface area contributed by atoms with Crippen molar-refractivity contribution < 1.29 is 34.8 Å². The molecule has 0 aliphatic carbocycles. The van der Waals surface area contributed by atoms with Gasteiger partial charge in [0.1, 0.15) is 5.41 Å². The zero-order valence-electron chi connectivity index (χ0n) is 25.6. The fraction of sp³-hybridized carbons (Fsp3) is 0.900. The molecular formula is C30H56O7. The molecule has 0 rings (SSSR count). The first-order valence-electron chi connectivity index (χ1n) is 14.0. The number of hydrogen-bond acceptors (Lipinski definition) is 4. The van der Waals surface area contributed by atoms with Gasteiger partial charge in [0.05, 0.1) is 5.92 Å². The van der Waals surface area contributed by atoms with E-state index in [1.165, 1.54) is 0 Å². The Bertz CT molecular complexity index is 774. The SMILES string of the molecule is CCC(C)(C)C(C)CC(C(=O)O)C(O)(C(=O)O)C(CC(C)C(C)(C)CC)(CC(C)C(C)(C)CC)C(=O)O. The second-order valence-corrected chi connectivity index (χ2v) is 13.7. The van der Waals surface area contributed by atoms with Crippen LogP contribution in [0.1, 0.15) is 122 Å². The van der Waals surface area contributed by atoms with Crippen molar-refractivity contribution in [1.29, 1.82) is 0 Å². The van der Waals surface area contributed by atoms with E-state index < -0.39 is 34.8 Å². The summed E-state index contributed by atoms with van der Waals surface area (Å²) >= 11 is 0. The highest BCUT2D eigenvalue weighted by Gasteiger charge is 2.67. The average Bonchev–Trinajstić information content (AvgIpc) is 2.80. The van der Waals surface area contributed by atoms with E-state index >= 15 is 0 Å². The normalized spacial score (nSPS) is 19.7. The number of aliphatic hydroxyl groups is 1. The number of carboxylic acids is 3. The lowest BCUT2D eigenvalue weighted by Crippen LogP contribution is -2.66. The van der Waals surface area contributed by atoms with Crippen molar-refractivity contribution in [2.75, 3.05) is 0 Å². The van der Waals surface area contributed by atoms with Crippen LogP contribution < -0.4 is 0 Å².